The van der Waals surface area contributed by atoms with Crippen molar-refractivity contribution in [3.8, 4) is 0 Å². The van der Waals surface area contributed by atoms with E-state index in [0.29, 0.717) is 0 Å². The van der Waals surface area contributed by atoms with E-state index in [9.17, 15) is 0 Å². The van der Waals surface area contributed by atoms with Crippen LogP contribution >= 0.6 is 54.6 Å². The van der Waals surface area contributed by atoms with Gasteiger partial charge in [-0.15, -0.1) is 0 Å². The van der Waals surface area contributed by atoms with Gasteiger partial charge in [0.15, 0.2) is 0 Å². The zero-order valence-electron chi connectivity index (χ0n) is 7.04. The van der Waals surface area contributed by atoms with E-state index in [1.807, 2.05) is 0 Å². The molecule has 9 nitrogen and oxygen atoms in total. The van der Waals surface area contributed by atoms with E-state index >= 15 is 0 Å². The molecule has 0 aliphatic heterocycles. The summed E-state index contributed by atoms with van der Waals surface area (Å²) >= 11 is 11.9. The summed E-state index contributed by atoms with van der Waals surface area (Å²) in [5, 5.41) is 0. The first-order valence-electron chi connectivity index (χ1n) is 2.15. The largest absolute Gasteiger partial charge is 3.00 e. The second-order valence-corrected chi connectivity index (χ2v) is 7.60. The maximum absolute atomic E-state index is 8.87. The van der Waals surface area contributed by atoms with Gasteiger partial charge in [-0.3, -0.25) is 0 Å². The fourth-order valence-corrected chi connectivity index (χ4v) is 0. The smallest absolute Gasteiger partial charge is 0.799 e. The summed E-state index contributed by atoms with van der Waals surface area (Å²) in [5.41, 5.74) is 0. The Morgan fingerprint density at radius 1 is 0.529 bits per heavy atom. The Morgan fingerprint density at radius 3 is 0.529 bits per heavy atom. The van der Waals surface area contributed by atoms with Gasteiger partial charge in [0.05, 0.1) is 0 Å². The van der Waals surface area contributed by atoms with Gasteiger partial charge >= 0.3 is 52.4 Å². The van der Waals surface area contributed by atoms with Crippen LogP contribution in [0.3, 0.4) is 0 Å². The van der Waals surface area contributed by atoms with E-state index < -0.39 is 20.8 Å². The molecular weight excluding hydrogens is 761 g/mol. The number of hydrogen-bond donors (Lipinski definition) is 0. The van der Waals surface area contributed by atoms with E-state index in [1.54, 1.807) is 0 Å². The molecule has 0 N–H and O–H groups in total. The molecular formula is Bi2Cl3O9P3. The molecule has 0 aromatic carbocycles. The summed E-state index contributed by atoms with van der Waals surface area (Å²) in [6, 6.07) is 0. The van der Waals surface area contributed by atoms with Crippen molar-refractivity contribution in [2.24, 2.45) is 0 Å². The fourth-order valence-electron chi connectivity index (χ4n) is 0. The maximum atomic E-state index is 8.87. The molecule has 0 atom stereocenters. The van der Waals surface area contributed by atoms with Crippen molar-refractivity contribution in [2.75, 3.05) is 0 Å². The summed E-state index contributed by atoms with van der Waals surface area (Å²) in [7, 11) is 0. The van der Waals surface area contributed by atoms with Gasteiger partial charge in [-0.25, -0.2) is 0 Å². The van der Waals surface area contributed by atoms with Crippen molar-refractivity contribution in [1.82, 2.24) is 0 Å². The van der Waals surface area contributed by atoms with Crippen LogP contribution in [0.4, 0.5) is 0 Å². The van der Waals surface area contributed by atoms with Gasteiger partial charge in [0.2, 0.25) is 0 Å². The molecule has 0 spiro atoms. The van der Waals surface area contributed by atoms with Crippen molar-refractivity contribution in [2.45, 2.75) is 0 Å². The van der Waals surface area contributed by atoms with E-state index in [0.717, 1.165) is 0 Å². The van der Waals surface area contributed by atoms with Gasteiger partial charge in [-0.1, -0.05) is 33.7 Å². The molecule has 4 radical (unpaired) electrons. The van der Waals surface area contributed by atoms with Crippen LogP contribution in [0.25, 0.3) is 0 Å². The van der Waals surface area contributed by atoms with Gasteiger partial charge < -0.3 is 43.1 Å². The number of halogens is 3. The Bertz CT molecular complexity index is 216. The molecule has 0 saturated carbocycles. The summed E-state index contributed by atoms with van der Waals surface area (Å²) in [5.74, 6) is 0. The average molecular weight is 761 g/mol. The third-order valence-corrected chi connectivity index (χ3v) is 0. The van der Waals surface area contributed by atoms with Crippen LogP contribution < -0.4 is 29.4 Å². The van der Waals surface area contributed by atoms with Crippen LogP contribution in [0.2, 0.25) is 0 Å². The first-order valence-corrected chi connectivity index (χ1v) is 9.49. The summed E-state index contributed by atoms with van der Waals surface area (Å²) in [4.78, 5) is 53.2. The van der Waals surface area contributed by atoms with Crippen LogP contribution in [0.5, 0.6) is 0 Å². The molecule has 0 bridgehead atoms. The Balaban J connectivity index is -0.0000000400. The van der Waals surface area contributed by atoms with Crippen LogP contribution in [0, 0.1) is 0 Å². The van der Waals surface area contributed by atoms with Gasteiger partial charge in [0, 0.05) is 20.8 Å². The monoisotopic (exact) mass is 760 g/mol. The molecule has 0 aromatic heterocycles. The maximum Gasteiger partial charge on any atom is 3.00 e. The van der Waals surface area contributed by atoms with Crippen molar-refractivity contribution in [3.63, 3.8) is 0 Å². The minimum absolute atomic E-state index is 0. The molecule has 0 saturated heterocycles. The zero-order valence-corrected chi connectivity index (χ0v) is 18.9. The zero-order chi connectivity index (χ0) is 13.5. The van der Waals surface area contributed by atoms with Gasteiger partial charge in [-0.2, -0.15) is 0 Å². The Hall–Kier alpha value is 3.09. The molecule has 0 rings (SSSR count). The molecule has 0 fully saturated rings. The third-order valence-electron chi connectivity index (χ3n) is 0. The van der Waals surface area contributed by atoms with Gasteiger partial charge in [-0.05, 0) is 0 Å². The predicted octanol–water partition coefficient (Wildman–Crippen LogP) is -3.60. The summed E-state index contributed by atoms with van der Waals surface area (Å²) in [6.07, 6.45) is 0. The minimum atomic E-state index is -4.67. The summed E-state index contributed by atoms with van der Waals surface area (Å²) in [6.45, 7) is -14.0. The fraction of sp³-hybridized carbons (Fsp3) is 0. The topological polar surface area (TPSA) is 190 Å². The molecule has 100 valence electrons. The molecule has 0 amide bonds. The molecule has 0 aliphatic carbocycles. The predicted molar refractivity (Wildman–Crippen MR) is 51.9 cm³/mol. The van der Waals surface area contributed by atoms with Crippen LogP contribution in [0.15, 0.2) is 0 Å². The second kappa shape index (κ2) is 14.0. The van der Waals surface area contributed by atoms with Crippen molar-refractivity contribution < 1.29 is 43.1 Å². The second-order valence-electron chi connectivity index (χ2n) is 1.29. The standard InChI is InChI=1S/2Bi.3ClH2O3P/c;;3*1-5(2,3)4/h;;3*(H2,2,3,4)/q2*+3;;;/p-6. The van der Waals surface area contributed by atoms with E-state index in [4.69, 9.17) is 43.1 Å². The van der Waals surface area contributed by atoms with Crippen LogP contribution in [-0.2, 0) is 13.7 Å². The molecule has 17 heteroatoms. The van der Waals surface area contributed by atoms with Crippen LogP contribution in [-0.4, -0.2) is 52.4 Å². The van der Waals surface area contributed by atoms with Crippen molar-refractivity contribution in [3.05, 3.63) is 0 Å². The van der Waals surface area contributed by atoms with E-state index in [1.165, 1.54) is 0 Å². The minimum Gasteiger partial charge on any atom is -0.799 e. The van der Waals surface area contributed by atoms with Crippen molar-refractivity contribution in [1.29, 1.82) is 0 Å². The first-order chi connectivity index (χ1) is 6.00. The first kappa shape index (κ1) is 32.1. The van der Waals surface area contributed by atoms with Gasteiger partial charge in [0.25, 0.3) is 0 Å². The van der Waals surface area contributed by atoms with E-state index in [2.05, 4.69) is 33.7 Å². The molecule has 0 heterocycles. The van der Waals surface area contributed by atoms with Gasteiger partial charge in [0.1, 0.15) is 0 Å². The van der Waals surface area contributed by atoms with Crippen LogP contribution in [0.1, 0.15) is 0 Å². The molecule has 0 aromatic rings. The number of rotatable bonds is 0. The Labute approximate surface area is 148 Å². The normalized spacial score (nSPS) is 10.4. The molecule has 17 heavy (non-hydrogen) atoms. The Kier molecular flexibility index (Phi) is 26.6. The quantitative estimate of drug-likeness (QED) is 0.178. The summed E-state index contributed by atoms with van der Waals surface area (Å²) < 4.78 is 26.6. The van der Waals surface area contributed by atoms with E-state index in [-0.39, 0.29) is 52.4 Å². The average Bonchev–Trinajstić information content (AvgIpc) is 1.41. The molecule has 0 unspecified atom stereocenters. The Morgan fingerprint density at radius 2 is 0.529 bits per heavy atom. The van der Waals surface area contributed by atoms with Crippen molar-refractivity contribution >= 4 is 107 Å². The number of hydrogen-bond acceptors (Lipinski definition) is 9. The third kappa shape index (κ3) is 585. The molecule has 0 aliphatic rings. The SMILES string of the molecule is O=P([O-])([O-])Cl.O=P([O-])([O-])Cl.O=P([O-])([O-])Cl.[Bi+3].[Bi+3].